The summed E-state index contributed by atoms with van der Waals surface area (Å²) in [6.45, 7) is 9.70. The quantitative estimate of drug-likeness (QED) is 0.163. The van der Waals surface area contributed by atoms with Crippen molar-refractivity contribution in [3.05, 3.63) is 170 Å². The van der Waals surface area contributed by atoms with Gasteiger partial charge in [0, 0.05) is 39.8 Å². The van der Waals surface area contributed by atoms with Crippen LogP contribution in [0.3, 0.4) is 0 Å². The average Bonchev–Trinajstić information content (AvgIpc) is 3.16. The van der Waals surface area contributed by atoms with Crippen LogP contribution in [0.1, 0.15) is 6.92 Å². The number of para-hydroxylation sites is 4. The Kier molecular flexibility index (Phi) is 7.63. The molecule has 2 aliphatic heterocycles. The fourth-order valence-corrected chi connectivity index (χ4v) is 9.55. The molecule has 0 aromatic heterocycles. The van der Waals surface area contributed by atoms with E-state index in [9.17, 15) is 0 Å². The molecule has 0 N–H and O–H groups in total. The van der Waals surface area contributed by atoms with Gasteiger partial charge in [0.25, 0.3) is 6.71 Å². The molecule has 0 radical (unpaired) electrons. The highest BCUT2D eigenvalue weighted by Gasteiger charge is 2.45. The molecule has 6 aromatic carbocycles. The van der Waals surface area contributed by atoms with Gasteiger partial charge in [0.05, 0.1) is 19.8 Å². The normalized spacial score (nSPS) is 17.1. The average molecular weight is 676 g/mol. The van der Waals surface area contributed by atoms with Crippen LogP contribution in [0.25, 0.3) is 0 Å². The van der Waals surface area contributed by atoms with Gasteiger partial charge in [-0.05, 0) is 83.0 Å². The fraction of sp³-hybridized carbons (Fsp3) is 0.130. The lowest BCUT2D eigenvalue weighted by Crippen LogP contribution is -2.63. The Morgan fingerprint density at radius 2 is 1.12 bits per heavy atom. The van der Waals surface area contributed by atoms with E-state index in [-0.39, 0.29) is 12.8 Å². The third kappa shape index (κ3) is 5.26. The van der Waals surface area contributed by atoms with E-state index in [4.69, 9.17) is 0 Å². The first-order valence-corrected chi connectivity index (χ1v) is 21.7. The number of nitrogens with zero attached hydrogens (tertiary/aromatic N) is 3. The summed E-state index contributed by atoms with van der Waals surface area (Å²) in [6.07, 6.45) is 9.15. The van der Waals surface area contributed by atoms with E-state index in [0.717, 1.165) is 22.7 Å². The fourth-order valence-electron chi connectivity index (χ4n) is 8.38. The highest BCUT2D eigenvalue weighted by atomic mass is 28.3. The molecule has 2 atom stereocenters. The molecule has 1 aliphatic carbocycles. The maximum atomic E-state index is 2.63. The van der Waals surface area contributed by atoms with Crippen molar-refractivity contribution in [1.82, 2.24) is 0 Å². The van der Waals surface area contributed by atoms with Crippen LogP contribution in [0.4, 0.5) is 45.5 Å². The van der Waals surface area contributed by atoms with E-state index in [0.29, 0.717) is 5.92 Å². The molecule has 0 spiro atoms. The summed E-state index contributed by atoms with van der Waals surface area (Å²) in [5, 5.41) is 1.46. The lowest BCUT2D eigenvalue weighted by atomic mass is 9.33. The maximum Gasteiger partial charge on any atom is 0.252 e. The Balaban J connectivity index is 1.37. The van der Waals surface area contributed by atoms with Gasteiger partial charge in [-0.15, -0.1) is 0 Å². The van der Waals surface area contributed by atoms with Crippen molar-refractivity contribution in [1.29, 1.82) is 0 Å². The first kappa shape index (κ1) is 31.5. The topological polar surface area (TPSA) is 9.72 Å². The van der Waals surface area contributed by atoms with Gasteiger partial charge in [0.2, 0.25) is 0 Å². The van der Waals surface area contributed by atoms with E-state index in [1.54, 1.807) is 0 Å². The van der Waals surface area contributed by atoms with Gasteiger partial charge in [-0.25, -0.2) is 0 Å². The van der Waals surface area contributed by atoms with Crippen LogP contribution in [0.15, 0.2) is 170 Å². The third-order valence-electron chi connectivity index (χ3n) is 10.9. The minimum Gasteiger partial charge on any atom is -0.335 e. The standard InChI is InChI=1S/C46H42BN3Si/c1-33-17-11-14-24-41(33)50-43-26-16-13-23-40(43)47-39-22-12-15-25-42(39)49(35-20-9-6-10-21-35)44-31-37(32-45(50)46(44)47)48(34-18-7-5-8-19-34)36-27-29-38(30-28-36)51(2,3)4/h5-33,41H,1-4H3. The monoisotopic (exact) mass is 675 g/mol. The molecule has 0 amide bonds. The van der Waals surface area contributed by atoms with Gasteiger partial charge >= 0.3 is 0 Å². The second-order valence-electron chi connectivity index (χ2n) is 15.1. The zero-order chi connectivity index (χ0) is 34.7. The van der Waals surface area contributed by atoms with E-state index >= 15 is 0 Å². The zero-order valence-corrected chi connectivity index (χ0v) is 30.7. The molecule has 2 unspecified atom stereocenters. The number of hydrogen-bond donors (Lipinski definition) is 0. The van der Waals surface area contributed by atoms with Crippen LogP contribution in [-0.4, -0.2) is 20.8 Å². The van der Waals surface area contributed by atoms with Gasteiger partial charge in [-0.1, -0.05) is 141 Å². The van der Waals surface area contributed by atoms with Crippen molar-refractivity contribution < 1.29 is 0 Å². The number of hydrogen-bond acceptors (Lipinski definition) is 3. The smallest absolute Gasteiger partial charge is 0.252 e. The minimum absolute atomic E-state index is 0.104. The Bertz CT molecular complexity index is 2290. The Morgan fingerprint density at radius 3 is 1.80 bits per heavy atom. The molecule has 0 bridgehead atoms. The Labute approximate surface area is 303 Å². The molecule has 2 heterocycles. The maximum absolute atomic E-state index is 2.63. The number of allylic oxidation sites excluding steroid dienone is 2. The molecule has 5 heteroatoms. The van der Waals surface area contributed by atoms with E-state index in [2.05, 4.69) is 211 Å². The van der Waals surface area contributed by atoms with Crippen LogP contribution in [0.5, 0.6) is 0 Å². The summed E-state index contributed by atoms with van der Waals surface area (Å²) in [6, 6.07) is 54.3. The lowest BCUT2D eigenvalue weighted by molar-refractivity contribution is 0.610. The number of fused-ring (bicyclic) bond motifs is 4. The molecule has 9 rings (SSSR count). The summed E-state index contributed by atoms with van der Waals surface area (Å²) < 4.78 is 0. The lowest BCUT2D eigenvalue weighted by Gasteiger charge is -2.47. The van der Waals surface area contributed by atoms with Gasteiger partial charge in [0.1, 0.15) is 0 Å². The van der Waals surface area contributed by atoms with Crippen molar-refractivity contribution in [2.45, 2.75) is 32.6 Å². The largest absolute Gasteiger partial charge is 0.335 e. The van der Waals surface area contributed by atoms with E-state index in [1.165, 1.54) is 44.3 Å². The number of rotatable bonds is 6. The van der Waals surface area contributed by atoms with Gasteiger partial charge in [-0.3, -0.25) is 0 Å². The van der Waals surface area contributed by atoms with Crippen molar-refractivity contribution in [2.24, 2.45) is 5.92 Å². The van der Waals surface area contributed by atoms with Crippen molar-refractivity contribution in [3.8, 4) is 0 Å². The predicted octanol–water partition coefficient (Wildman–Crippen LogP) is 9.58. The van der Waals surface area contributed by atoms with Crippen LogP contribution in [0, 0.1) is 5.92 Å². The molecule has 3 nitrogen and oxygen atoms in total. The van der Waals surface area contributed by atoms with Gasteiger partial charge < -0.3 is 14.7 Å². The zero-order valence-electron chi connectivity index (χ0n) is 29.7. The molecular formula is C46H42BN3Si. The summed E-state index contributed by atoms with van der Waals surface area (Å²) in [4.78, 5) is 7.58. The number of anilines is 8. The molecule has 248 valence electrons. The molecule has 0 fully saturated rings. The minimum atomic E-state index is -1.48. The van der Waals surface area contributed by atoms with E-state index < -0.39 is 8.07 Å². The highest BCUT2D eigenvalue weighted by molar-refractivity contribution is 7.00. The number of benzene rings is 6. The van der Waals surface area contributed by atoms with Crippen molar-refractivity contribution in [3.63, 3.8) is 0 Å². The predicted molar refractivity (Wildman–Crippen MR) is 223 cm³/mol. The van der Waals surface area contributed by atoms with Gasteiger partial charge in [0.15, 0.2) is 0 Å². The van der Waals surface area contributed by atoms with Crippen LogP contribution >= 0.6 is 0 Å². The summed E-state index contributed by atoms with van der Waals surface area (Å²) in [7, 11) is -1.48. The molecule has 0 saturated carbocycles. The first-order valence-electron chi connectivity index (χ1n) is 18.2. The van der Waals surface area contributed by atoms with Gasteiger partial charge in [-0.2, -0.15) is 0 Å². The second-order valence-corrected chi connectivity index (χ2v) is 20.2. The third-order valence-corrected chi connectivity index (χ3v) is 12.9. The molecule has 6 aromatic rings. The molecule has 3 aliphatic rings. The molecule has 0 saturated heterocycles. The Hall–Kier alpha value is -5.52. The summed E-state index contributed by atoms with van der Waals surface area (Å²) >= 11 is 0. The van der Waals surface area contributed by atoms with Crippen molar-refractivity contribution in [2.75, 3.05) is 14.7 Å². The SMILES string of the molecule is CC1C=CC=CC1N1c2ccccc2B2c3ccccc3N(c3ccccc3)c3cc(N(c4ccccc4)c4ccc([Si](C)(C)C)cc4)cc1c32. The van der Waals surface area contributed by atoms with Crippen molar-refractivity contribution >= 4 is 81.9 Å². The second kappa shape index (κ2) is 12.4. The molecular weight excluding hydrogens is 633 g/mol. The van der Waals surface area contributed by atoms with Crippen LogP contribution in [-0.2, 0) is 0 Å². The molecule has 51 heavy (non-hydrogen) atoms. The van der Waals surface area contributed by atoms with E-state index in [1.807, 2.05) is 0 Å². The summed E-state index contributed by atoms with van der Waals surface area (Å²) in [5.74, 6) is 0.333. The summed E-state index contributed by atoms with van der Waals surface area (Å²) in [5.41, 5.74) is 13.6. The van der Waals surface area contributed by atoms with Crippen LogP contribution < -0.4 is 36.3 Å². The Morgan fingerprint density at radius 1 is 0.549 bits per heavy atom. The highest BCUT2D eigenvalue weighted by Crippen LogP contribution is 2.47. The van der Waals surface area contributed by atoms with Crippen LogP contribution in [0.2, 0.25) is 19.6 Å². The first-order chi connectivity index (χ1) is 24.9.